The van der Waals surface area contributed by atoms with E-state index < -0.39 is 5.97 Å². The Morgan fingerprint density at radius 2 is 2.04 bits per heavy atom. The van der Waals surface area contributed by atoms with Crippen molar-refractivity contribution in [3.05, 3.63) is 66.1 Å². The standard InChI is InChI=1S/C17H13FN2O3/c1-22-16(21)12-5-2-4-11(8-12)15-10-19-17(23-15)20-14-7-3-6-13(18)9-14/h2-10H,1H3,(H,19,20). The van der Waals surface area contributed by atoms with Crippen LogP contribution in [0.5, 0.6) is 0 Å². The number of aromatic nitrogens is 1. The van der Waals surface area contributed by atoms with Crippen LogP contribution in [0.4, 0.5) is 16.1 Å². The van der Waals surface area contributed by atoms with Crippen molar-refractivity contribution in [1.29, 1.82) is 0 Å². The summed E-state index contributed by atoms with van der Waals surface area (Å²) in [6.45, 7) is 0. The van der Waals surface area contributed by atoms with Gasteiger partial charge in [-0.1, -0.05) is 18.2 Å². The van der Waals surface area contributed by atoms with Gasteiger partial charge in [0, 0.05) is 11.3 Å². The summed E-state index contributed by atoms with van der Waals surface area (Å²) in [5, 5.41) is 2.87. The van der Waals surface area contributed by atoms with E-state index in [1.807, 2.05) is 0 Å². The second-order valence-electron chi connectivity index (χ2n) is 4.74. The van der Waals surface area contributed by atoms with Gasteiger partial charge in [-0.05, 0) is 30.3 Å². The van der Waals surface area contributed by atoms with Crippen LogP contribution in [0.3, 0.4) is 0 Å². The molecule has 0 saturated carbocycles. The maximum atomic E-state index is 13.2. The van der Waals surface area contributed by atoms with Crippen molar-refractivity contribution in [2.45, 2.75) is 0 Å². The molecule has 0 atom stereocenters. The Morgan fingerprint density at radius 3 is 2.83 bits per heavy atom. The summed E-state index contributed by atoms with van der Waals surface area (Å²) in [6.07, 6.45) is 1.53. The molecule has 1 heterocycles. The van der Waals surface area contributed by atoms with Gasteiger partial charge in [-0.25, -0.2) is 14.2 Å². The fraction of sp³-hybridized carbons (Fsp3) is 0.0588. The predicted molar refractivity (Wildman–Crippen MR) is 83.0 cm³/mol. The van der Waals surface area contributed by atoms with Gasteiger partial charge in [-0.15, -0.1) is 0 Å². The molecule has 0 fully saturated rings. The summed E-state index contributed by atoms with van der Waals surface area (Å²) in [5.41, 5.74) is 1.63. The van der Waals surface area contributed by atoms with Crippen LogP contribution in [0.2, 0.25) is 0 Å². The quantitative estimate of drug-likeness (QED) is 0.737. The number of carbonyl (C=O) groups excluding carboxylic acids is 1. The first-order valence-electron chi connectivity index (χ1n) is 6.83. The predicted octanol–water partition coefficient (Wildman–Crippen LogP) is 4.01. The molecule has 0 aliphatic carbocycles. The van der Waals surface area contributed by atoms with E-state index >= 15 is 0 Å². The lowest BCUT2D eigenvalue weighted by Gasteiger charge is -2.02. The molecule has 0 saturated heterocycles. The third-order valence-electron chi connectivity index (χ3n) is 3.15. The Kier molecular flexibility index (Phi) is 4.05. The number of carbonyl (C=O) groups is 1. The minimum Gasteiger partial charge on any atom is -0.465 e. The molecule has 1 aromatic heterocycles. The highest BCUT2D eigenvalue weighted by Crippen LogP contribution is 2.25. The second-order valence-corrected chi connectivity index (χ2v) is 4.74. The minimum absolute atomic E-state index is 0.231. The zero-order valence-corrected chi connectivity index (χ0v) is 12.2. The highest BCUT2D eigenvalue weighted by atomic mass is 19.1. The Balaban J connectivity index is 1.83. The number of halogens is 1. The second kappa shape index (κ2) is 6.31. The maximum absolute atomic E-state index is 13.2. The van der Waals surface area contributed by atoms with Crippen molar-refractivity contribution in [2.75, 3.05) is 12.4 Å². The number of hydrogen-bond donors (Lipinski definition) is 1. The fourth-order valence-corrected chi connectivity index (χ4v) is 2.07. The zero-order valence-electron chi connectivity index (χ0n) is 12.2. The molecule has 2 aromatic carbocycles. The van der Waals surface area contributed by atoms with Gasteiger partial charge in [0.2, 0.25) is 0 Å². The van der Waals surface area contributed by atoms with E-state index in [2.05, 4.69) is 15.0 Å². The van der Waals surface area contributed by atoms with Crippen molar-refractivity contribution in [3.63, 3.8) is 0 Å². The molecule has 1 N–H and O–H groups in total. The Morgan fingerprint density at radius 1 is 1.22 bits per heavy atom. The Bertz CT molecular complexity index is 845. The minimum atomic E-state index is -0.426. The van der Waals surface area contributed by atoms with Crippen LogP contribution in [0.1, 0.15) is 10.4 Å². The summed E-state index contributed by atoms with van der Waals surface area (Å²) in [6, 6.07) is 13.0. The Hall–Kier alpha value is -3.15. The maximum Gasteiger partial charge on any atom is 0.337 e. The van der Waals surface area contributed by atoms with Gasteiger partial charge in [-0.3, -0.25) is 0 Å². The third-order valence-corrected chi connectivity index (χ3v) is 3.15. The summed E-state index contributed by atoms with van der Waals surface area (Å²) >= 11 is 0. The molecule has 0 radical (unpaired) electrons. The average Bonchev–Trinajstić information content (AvgIpc) is 3.03. The molecule has 0 unspecified atom stereocenters. The van der Waals surface area contributed by atoms with E-state index in [1.54, 1.807) is 36.4 Å². The van der Waals surface area contributed by atoms with Gasteiger partial charge in [0.1, 0.15) is 5.82 Å². The zero-order chi connectivity index (χ0) is 16.2. The number of hydrogen-bond acceptors (Lipinski definition) is 5. The van der Waals surface area contributed by atoms with Gasteiger partial charge >= 0.3 is 5.97 Å². The number of rotatable bonds is 4. The van der Waals surface area contributed by atoms with E-state index in [1.165, 1.54) is 25.4 Å². The summed E-state index contributed by atoms with van der Waals surface area (Å²) in [4.78, 5) is 15.7. The van der Waals surface area contributed by atoms with Gasteiger partial charge in [0.15, 0.2) is 5.76 Å². The normalized spacial score (nSPS) is 10.3. The van der Waals surface area contributed by atoms with Crippen molar-refractivity contribution < 1.29 is 18.3 Å². The van der Waals surface area contributed by atoms with Crippen molar-refractivity contribution in [1.82, 2.24) is 4.98 Å². The molecule has 0 spiro atoms. The smallest absolute Gasteiger partial charge is 0.337 e. The highest BCUT2D eigenvalue weighted by Gasteiger charge is 2.10. The largest absolute Gasteiger partial charge is 0.465 e. The molecule has 5 nitrogen and oxygen atoms in total. The number of ether oxygens (including phenoxy) is 1. The SMILES string of the molecule is COC(=O)c1cccc(-c2cnc(Nc3cccc(F)c3)o2)c1. The molecular formula is C17H13FN2O3. The molecule has 0 amide bonds. The number of benzene rings is 2. The van der Waals surface area contributed by atoms with Crippen LogP contribution in [0, 0.1) is 5.82 Å². The Labute approximate surface area is 131 Å². The lowest BCUT2D eigenvalue weighted by Crippen LogP contribution is -2.00. The van der Waals surface area contributed by atoms with E-state index in [9.17, 15) is 9.18 Å². The van der Waals surface area contributed by atoms with E-state index in [4.69, 9.17) is 4.42 Å². The first-order chi connectivity index (χ1) is 11.2. The number of oxazole rings is 1. The molecule has 116 valence electrons. The number of anilines is 2. The summed E-state index contributed by atoms with van der Waals surface area (Å²) in [5.74, 6) is -0.299. The van der Waals surface area contributed by atoms with Crippen LogP contribution >= 0.6 is 0 Å². The van der Waals surface area contributed by atoms with Gasteiger partial charge in [-0.2, -0.15) is 0 Å². The van der Waals surface area contributed by atoms with E-state index in [0.29, 0.717) is 22.6 Å². The monoisotopic (exact) mass is 312 g/mol. The molecule has 6 heteroatoms. The number of esters is 1. The molecule has 3 rings (SSSR count). The van der Waals surface area contributed by atoms with Crippen LogP contribution in [-0.4, -0.2) is 18.1 Å². The highest BCUT2D eigenvalue weighted by molar-refractivity contribution is 5.90. The van der Waals surface area contributed by atoms with Gasteiger partial charge < -0.3 is 14.5 Å². The van der Waals surface area contributed by atoms with Crippen LogP contribution in [0.15, 0.2) is 59.1 Å². The fourth-order valence-electron chi connectivity index (χ4n) is 2.07. The third kappa shape index (κ3) is 3.37. The summed E-state index contributed by atoms with van der Waals surface area (Å²) in [7, 11) is 1.32. The average molecular weight is 312 g/mol. The summed E-state index contributed by atoms with van der Waals surface area (Å²) < 4.78 is 23.4. The number of nitrogens with zero attached hydrogens (tertiary/aromatic N) is 1. The number of nitrogens with one attached hydrogen (secondary N) is 1. The van der Waals surface area contributed by atoms with E-state index in [0.717, 1.165) is 0 Å². The first-order valence-corrected chi connectivity index (χ1v) is 6.83. The van der Waals surface area contributed by atoms with Crippen LogP contribution in [-0.2, 0) is 4.74 Å². The van der Waals surface area contributed by atoms with Gasteiger partial charge in [0.05, 0.1) is 18.9 Å². The van der Waals surface area contributed by atoms with Crippen molar-refractivity contribution in [2.24, 2.45) is 0 Å². The molecular weight excluding hydrogens is 299 g/mol. The lowest BCUT2D eigenvalue weighted by atomic mass is 10.1. The molecule has 0 bridgehead atoms. The lowest BCUT2D eigenvalue weighted by molar-refractivity contribution is 0.0601. The van der Waals surface area contributed by atoms with Crippen LogP contribution < -0.4 is 5.32 Å². The molecule has 0 aliphatic rings. The molecule has 3 aromatic rings. The first kappa shape index (κ1) is 14.8. The van der Waals surface area contributed by atoms with Crippen molar-refractivity contribution >= 4 is 17.7 Å². The van der Waals surface area contributed by atoms with Crippen LogP contribution in [0.25, 0.3) is 11.3 Å². The van der Waals surface area contributed by atoms with E-state index in [-0.39, 0.29) is 11.8 Å². The molecule has 0 aliphatic heterocycles. The van der Waals surface area contributed by atoms with Crippen molar-refractivity contribution in [3.8, 4) is 11.3 Å². The topological polar surface area (TPSA) is 64.4 Å². The molecule has 23 heavy (non-hydrogen) atoms. The van der Waals surface area contributed by atoms with Gasteiger partial charge in [0.25, 0.3) is 6.01 Å². The number of methoxy groups -OCH3 is 1.